The summed E-state index contributed by atoms with van der Waals surface area (Å²) in [5, 5.41) is 4.49. The average Bonchev–Trinajstić information content (AvgIpc) is 2.73. The van der Waals surface area contributed by atoms with E-state index in [1.165, 1.54) is 10.9 Å². The second-order valence-electron chi connectivity index (χ2n) is 4.31. The van der Waals surface area contributed by atoms with Gasteiger partial charge in [-0.15, -0.1) is 0 Å². The van der Waals surface area contributed by atoms with Crippen LogP contribution in [0.15, 0.2) is 30.5 Å². The van der Waals surface area contributed by atoms with E-state index in [0.29, 0.717) is 6.42 Å². The molecule has 0 aliphatic carbocycles. The predicted octanol–water partition coefficient (Wildman–Crippen LogP) is 1.52. The number of nitrogens with two attached hydrogens (primary N) is 1. The summed E-state index contributed by atoms with van der Waals surface area (Å²) in [5.74, 6) is -0.275. The number of carbonyl (C=O) groups is 1. The number of carbonyl (C=O) groups excluding carboxylic acids is 1. The third kappa shape index (κ3) is 2.85. The third-order valence-corrected chi connectivity index (χ3v) is 2.82. The van der Waals surface area contributed by atoms with Crippen LogP contribution in [-0.2, 0) is 11.3 Å². The Morgan fingerprint density at radius 3 is 3.06 bits per heavy atom. The second-order valence-corrected chi connectivity index (χ2v) is 4.31. The van der Waals surface area contributed by atoms with Gasteiger partial charge in [-0.25, -0.2) is 0 Å². The summed E-state index contributed by atoms with van der Waals surface area (Å²) in [6, 6.07) is 8.32. The van der Waals surface area contributed by atoms with Crippen LogP contribution in [0.2, 0.25) is 0 Å². The van der Waals surface area contributed by atoms with Crippen LogP contribution in [0.25, 0.3) is 10.9 Å². The smallest absolute Gasteiger partial charge is 0.218 e. The number of para-hydroxylation sites is 1. The summed E-state index contributed by atoms with van der Waals surface area (Å²) in [6.07, 6.45) is 2.29. The molecule has 17 heavy (non-hydrogen) atoms. The second kappa shape index (κ2) is 5.01. The van der Waals surface area contributed by atoms with E-state index in [2.05, 4.69) is 22.4 Å². The minimum absolute atomic E-state index is 0.0951. The summed E-state index contributed by atoms with van der Waals surface area (Å²) in [4.78, 5) is 14.0. The maximum absolute atomic E-state index is 10.8. The van der Waals surface area contributed by atoms with Gasteiger partial charge in [0.05, 0.1) is 0 Å². The van der Waals surface area contributed by atoms with Crippen molar-refractivity contribution >= 4 is 16.8 Å². The first kappa shape index (κ1) is 11.7. The number of fused-ring (bicyclic) bond motifs is 1. The highest BCUT2D eigenvalue weighted by Gasteiger charge is 2.07. The molecule has 2 aromatic rings. The van der Waals surface area contributed by atoms with Gasteiger partial charge in [0.25, 0.3) is 0 Å². The van der Waals surface area contributed by atoms with Gasteiger partial charge in [-0.05, 0) is 23.9 Å². The monoisotopic (exact) mass is 231 g/mol. The quantitative estimate of drug-likeness (QED) is 0.730. The topological polar surface area (TPSA) is 70.9 Å². The highest BCUT2D eigenvalue weighted by molar-refractivity contribution is 5.82. The number of aromatic nitrogens is 1. The van der Waals surface area contributed by atoms with E-state index in [4.69, 9.17) is 5.73 Å². The molecule has 1 heterocycles. The molecule has 0 saturated carbocycles. The number of amides is 1. The summed E-state index contributed by atoms with van der Waals surface area (Å²) in [5.41, 5.74) is 7.49. The Balaban J connectivity index is 2.03. The van der Waals surface area contributed by atoms with E-state index >= 15 is 0 Å². The highest BCUT2D eigenvalue weighted by Crippen LogP contribution is 2.16. The molecule has 0 radical (unpaired) electrons. The molecule has 0 aliphatic rings. The van der Waals surface area contributed by atoms with Crippen molar-refractivity contribution in [3.63, 3.8) is 0 Å². The van der Waals surface area contributed by atoms with Gasteiger partial charge in [0.2, 0.25) is 5.91 Å². The molecule has 0 aliphatic heterocycles. The van der Waals surface area contributed by atoms with Gasteiger partial charge in [-0.2, -0.15) is 0 Å². The van der Waals surface area contributed by atoms with Crippen LogP contribution in [0.4, 0.5) is 0 Å². The molecule has 1 aromatic heterocycles. The van der Waals surface area contributed by atoms with Gasteiger partial charge in [-0.3, -0.25) is 4.79 Å². The normalized spacial score (nSPS) is 12.8. The third-order valence-electron chi connectivity index (χ3n) is 2.82. The Morgan fingerprint density at radius 1 is 1.47 bits per heavy atom. The first-order chi connectivity index (χ1) is 8.16. The number of primary amides is 1. The lowest BCUT2D eigenvalue weighted by atomic mass is 10.1. The van der Waals surface area contributed by atoms with Crippen molar-refractivity contribution in [3.8, 4) is 0 Å². The lowest BCUT2D eigenvalue weighted by Gasteiger charge is -2.12. The minimum Gasteiger partial charge on any atom is -0.370 e. The van der Waals surface area contributed by atoms with Gasteiger partial charge in [-0.1, -0.05) is 18.2 Å². The minimum atomic E-state index is -0.275. The van der Waals surface area contributed by atoms with Crippen molar-refractivity contribution in [1.82, 2.24) is 10.3 Å². The molecule has 4 N–H and O–H groups in total. The van der Waals surface area contributed by atoms with Gasteiger partial charge >= 0.3 is 0 Å². The van der Waals surface area contributed by atoms with Gasteiger partial charge in [0.15, 0.2) is 0 Å². The van der Waals surface area contributed by atoms with E-state index in [1.54, 1.807) is 0 Å². The molecule has 0 fully saturated rings. The van der Waals surface area contributed by atoms with Crippen LogP contribution >= 0.6 is 0 Å². The van der Waals surface area contributed by atoms with E-state index < -0.39 is 0 Å². The lowest BCUT2D eigenvalue weighted by molar-refractivity contribution is -0.118. The number of hydrogen-bond donors (Lipinski definition) is 3. The molecule has 1 unspecified atom stereocenters. The molecule has 4 heteroatoms. The van der Waals surface area contributed by atoms with Crippen LogP contribution < -0.4 is 11.1 Å². The zero-order valence-corrected chi connectivity index (χ0v) is 9.86. The van der Waals surface area contributed by atoms with Crippen molar-refractivity contribution < 1.29 is 4.79 Å². The molecule has 2 rings (SSSR count). The zero-order chi connectivity index (χ0) is 12.3. The number of nitrogens with one attached hydrogen (secondary N) is 2. The van der Waals surface area contributed by atoms with Crippen LogP contribution in [-0.4, -0.2) is 16.9 Å². The zero-order valence-electron chi connectivity index (χ0n) is 9.86. The van der Waals surface area contributed by atoms with Gasteiger partial charge in [0, 0.05) is 30.7 Å². The molecule has 1 amide bonds. The summed E-state index contributed by atoms with van der Waals surface area (Å²) in [7, 11) is 0. The van der Waals surface area contributed by atoms with Crippen molar-refractivity contribution in [2.24, 2.45) is 5.73 Å². The Morgan fingerprint density at radius 2 is 2.29 bits per heavy atom. The summed E-state index contributed by atoms with van der Waals surface area (Å²) < 4.78 is 0. The van der Waals surface area contributed by atoms with E-state index in [9.17, 15) is 4.79 Å². The average molecular weight is 231 g/mol. The molecule has 0 spiro atoms. The van der Waals surface area contributed by atoms with Crippen molar-refractivity contribution in [1.29, 1.82) is 0 Å². The van der Waals surface area contributed by atoms with Crippen molar-refractivity contribution in [3.05, 3.63) is 36.0 Å². The molecular formula is C13H17N3O. The molecule has 0 saturated heterocycles. The molecule has 4 nitrogen and oxygen atoms in total. The molecular weight excluding hydrogens is 214 g/mol. The standard InChI is InChI=1S/C13H17N3O/c1-9(7-12(14)17)16-8-11-4-2-3-10-5-6-15-13(10)11/h2-6,9,15-16H,7-8H2,1H3,(H2,14,17). The maximum atomic E-state index is 10.8. The number of H-pyrrole nitrogens is 1. The number of hydrogen-bond acceptors (Lipinski definition) is 2. The Kier molecular flexibility index (Phi) is 3.44. The van der Waals surface area contributed by atoms with Crippen LogP contribution in [0.3, 0.4) is 0 Å². The predicted molar refractivity (Wildman–Crippen MR) is 68.4 cm³/mol. The summed E-state index contributed by atoms with van der Waals surface area (Å²) >= 11 is 0. The number of aromatic amines is 1. The van der Waals surface area contributed by atoms with Crippen molar-refractivity contribution in [2.75, 3.05) is 0 Å². The van der Waals surface area contributed by atoms with Gasteiger partial charge in [0.1, 0.15) is 0 Å². The number of benzene rings is 1. The van der Waals surface area contributed by atoms with E-state index in [1.807, 2.05) is 25.3 Å². The first-order valence-electron chi connectivity index (χ1n) is 5.73. The fourth-order valence-electron chi connectivity index (χ4n) is 1.96. The SMILES string of the molecule is CC(CC(N)=O)NCc1cccc2cc[nH]c12. The Hall–Kier alpha value is -1.81. The van der Waals surface area contributed by atoms with Crippen LogP contribution in [0, 0.1) is 0 Å². The van der Waals surface area contributed by atoms with E-state index in [0.717, 1.165) is 12.1 Å². The fraction of sp³-hybridized carbons (Fsp3) is 0.308. The van der Waals surface area contributed by atoms with Gasteiger partial charge < -0.3 is 16.0 Å². The fourth-order valence-corrected chi connectivity index (χ4v) is 1.96. The Labute approximate surface area is 100 Å². The lowest BCUT2D eigenvalue weighted by Crippen LogP contribution is -2.30. The number of rotatable bonds is 5. The Bertz CT molecular complexity index is 518. The molecule has 1 atom stereocenters. The first-order valence-corrected chi connectivity index (χ1v) is 5.73. The molecule has 1 aromatic carbocycles. The largest absolute Gasteiger partial charge is 0.370 e. The highest BCUT2D eigenvalue weighted by atomic mass is 16.1. The van der Waals surface area contributed by atoms with Crippen LogP contribution in [0.5, 0.6) is 0 Å². The van der Waals surface area contributed by atoms with Crippen LogP contribution in [0.1, 0.15) is 18.9 Å². The van der Waals surface area contributed by atoms with Crippen molar-refractivity contribution in [2.45, 2.75) is 25.9 Å². The molecule has 90 valence electrons. The molecule has 0 bridgehead atoms. The van der Waals surface area contributed by atoms with E-state index in [-0.39, 0.29) is 11.9 Å². The maximum Gasteiger partial charge on any atom is 0.218 e. The summed E-state index contributed by atoms with van der Waals surface area (Å²) in [6.45, 7) is 2.69.